The van der Waals surface area contributed by atoms with E-state index in [-0.39, 0.29) is 17.0 Å². The van der Waals surface area contributed by atoms with Gasteiger partial charge in [-0.25, -0.2) is 13.4 Å². The average molecular weight is 347 g/mol. The highest BCUT2D eigenvalue weighted by Gasteiger charge is 2.30. The van der Waals surface area contributed by atoms with Gasteiger partial charge < -0.3 is 0 Å². The summed E-state index contributed by atoms with van der Waals surface area (Å²) in [5.41, 5.74) is 2.23. The molecule has 6 nitrogen and oxygen atoms in total. The summed E-state index contributed by atoms with van der Waals surface area (Å²) in [6, 6.07) is 6.96. The minimum Gasteiger partial charge on any atom is -0.299 e. The topological polar surface area (TPSA) is 72.3 Å². The van der Waals surface area contributed by atoms with Crippen LogP contribution in [0.3, 0.4) is 0 Å². The van der Waals surface area contributed by atoms with E-state index >= 15 is 0 Å². The summed E-state index contributed by atoms with van der Waals surface area (Å²) in [7, 11) is -3.57. The van der Waals surface area contributed by atoms with Gasteiger partial charge in [-0.2, -0.15) is 4.31 Å². The lowest BCUT2D eigenvalue weighted by molar-refractivity contribution is 0.381. The molecule has 0 aliphatic carbocycles. The van der Waals surface area contributed by atoms with Gasteiger partial charge in [-0.15, -0.1) is 0 Å². The van der Waals surface area contributed by atoms with Gasteiger partial charge in [-0.1, -0.05) is 19.1 Å². The smallest absolute Gasteiger partial charge is 0.256 e. The van der Waals surface area contributed by atoms with Crippen molar-refractivity contribution < 1.29 is 8.42 Å². The summed E-state index contributed by atoms with van der Waals surface area (Å²) < 4.78 is 28.6. The van der Waals surface area contributed by atoms with Crippen LogP contribution in [-0.4, -0.2) is 28.8 Å². The molecule has 1 aliphatic heterocycles. The second kappa shape index (κ2) is 6.49. The summed E-state index contributed by atoms with van der Waals surface area (Å²) >= 11 is 0. The van der Waals surface area contributed by atoms with Crippen molar-refractivity contribution in [2.45, 2.75) is 44.7 Å². The fraction of sp³-hybridized carbons (Fsp3) is 0.412. The Kier molecular flexibility index (Phi) is 4.56. The van der Waals surface area contributed by atoms with Gasteiger partial charge in [0, 0.05) is 18.7 Å². The van der Waals surface area contributed by atoms with Crippen LogP contribution in [0, 0.1) is 0 Å². The second-order valence-electron chi connectivity index (χ2n) is 5.85. The van der Waals surface area contributed by atoms with Crippen LogP contribution in [0.4, 0.5) is 0 Å². The molecule has 0 bridgehead atoms. The number of sulfonamides is 1. The van der Waals surface area contributed by atoms with Gasteiger partial charge in [0.15, 0.2) is 0 Å². The summed E-state index contributed by atoms with van der Waals surface area (Å²) in [6.45, 7) is 4.92. The van der Waals surface area contributed by atoms with Crippen molar-refractivity contribution in [3.05, 3.63) is 57.8 Å². The van der Waals surface area contributed by atoms with Crippen LogP contribution in [0.25, 0.3) is 0 Å². The van der Waals surface area contributed by atoms with E-state index in [9.17, 15) is 13.2 Å². The molecule has 0 saturated heterocycles. The molecule has 0 saturated carbocycles. The number of benzene rings is 1. The quantitative estimate of drug-likeness (QED) is 0.842. The molecule has 7 heteroatoms. The van der Waals surface area contributed by atoms with Gasteiger partial charge >= 0.3 is 0 Å². The summed E-state index contributed by atoms with van der Waals surface area (Å²) in [6.07, 6.45) is 2.76. The van der Waals surface area contributed by atoms with Crippen LogP contribution < -0.4 is 5.56 Å². The van der Waals surface area contributed by atoms with Crippen molar-refractivity contribution in [2.24, 2.45) is 0 Å². The molecular formula is C17H21N3O3S. The number of rotatable bonds is 4. The SMILES string of the molecule is CCc1ccc(S(=O)(=O)N2CCc3c(ncn(CC)c3=O)C2)cc1. The molecule has 24 heavy (non-hydrogen) atoms. The first-order valence-electron chi connectivity index (χ1n) is 8.13. The zero-order valence-electron chi connectivity index (χ0n) is 13.9. The molecule has 0 fully saturated rings. The first-order chi connectivity index (χ1) is 11.5. The molecule has 1 aromatic heterocycles. The van der Waals surface area contributed by atoms with Crippen LogP contribution >= 0.6 is 0 Å². The monoisotopic (exact) mass is 347 g/mol. The Morgan fingerprint density at radius 3 is 2.50 bits per heavy atom. The summed E-state index contributed by atoms with van der Waals surface area (Å²) in [4.78, 5) is 16.9. The molecule has 1 aliphatic rings. The predicted molar refractivity (Wildman–Crippen MR) is 91.3 cm³/mol. The number of fused-ring (bicyclic) bond motifs is 1. The average Bonchev–Trinajstić information content (AvgIpc) is 2.62. The third kappa shape index (κ3) is 2.89. The normalized spacial score (nSPS) is 15.2. The van der Waals surface area contributed by atoms with E-state index in [0.29, 0.717) is 30.8 Å². The van der Waals surface area contributed by atoms with E-state index in [2.05, 4.69) is 4.98 Å². The third-order valence-corrected chi connectivity index (χ3v) is 6.33. The lowest BCUT2D eigenvalue weighted by Crippen LogP contribution is -2.40. The number of hydrogen-bond acceptors (Lipinski definition) is 4. The van der Waals surface area contributed by atoms with E-state index in [1.54, 1.807) is 16.7 Å². The first kappa shape index (κ1) is 16.9. The number of nitrogens with zero attached hydrogens (tertiary/aromatic N) is 3. The molecule has 128 valence electrons. The maximum Gasteiger partial charge on any atom is 0.256 e. The van der Waals surface area contributed by atoms with Gasteiger partial charge in [0.05, 0.1) is 23.5 Å². The lowest BCUT2D eigenvalue weighted by atomic mass is 10.1. The summed E-state index contributed by atoms with van der Waals surface area (Å²) in [5.74, 6) is 0. The second-order valence-corrected chi connectivity index (χ2v) is 7.79. The molecule has 0 radical (unpaired) electrons. The van der Waals surface area contributed by atoms with Crippen LogP contribution in [0.1, 0.15) is 30.7 Å². The first-order valence-corrected chi connectivity index (χ1v) is 9.57. The minimum absolute atomic E-state index is 0.0631. The van der Waals surface area contributed by atoms with E-state index < -0.39 is 10.0 Å². The molecule has 0 unspecified atom stereocenters. The van der Waals surface area contributed by atoms with Crippen molar-refractivity contribution in [1.82, 2.24) is 13.9 Å². The predicted octanol–water partition coefficient (Wildman–Crippen LogP) is 1.57. The lowest BCUT2D eigenvalue weighted by Gasteiger charge is -2.27. The van der Waals surface area contributed by atoms with Crippen LogP contribution in [-0.2, 0) is 36.0 Å². The Balaban J connectivity index is 1.91. The van der Waals surface area contributed by atoms with Crippen LogP contribution in [0.15, 0.2) is 40.3 Å². The Labute approximate surface area is 141 Å². The zero-order chi connectivity index (χ0) is 17.3. The number of hydrogen-bond donors (Lipinski definition) is 0. The molecular weight excluding hydrogens is 326 g/mol. The van der Waals surface area contributed by atoms with Crippen molar-refractivity contribution in [2.75, 3.05) is 6.54 Å². The molecule has 0 amide bonds. The number of aromatic nitrogens is 2. The highest BCUT2D eigenvalue weighted by atomic mass is 32.2. The van der Waals surface area contributed by atoms with Crippen molar-refractivity contribution >= 4 is 10.0 Å². The Hall–Kier alpha value is -1.99. The highest BCUT2D eigenvalue weighted by Crippen LogP contribution is 2.22. The molecule has 0 N–H and O–H groups in total. The van der Waals surface area contributed by atoms with Gasteiger partial charge in [-0.3, -0.25) is 9.36 Å². The Morgan fingerprint density at radius 1 is 1.17 bits per heavy atom. The molecule has 3 rings (SSSR count). The van der Waals surface area contributed by atoms with E-state index in [1.165, 1.54) is 10.6 Å². The van der Waals surface area contributed by atoms with Gasteiger partial charge in [0.1, 0.15) is 0 Å². The fourth-order valence-corrected chi connectivity index (χ4v) is 4.32. The van der Waals surface area contributed by atoms with Crippen LogP contribution in [0.5, 0.6) is 0 Å². The van der Waals surface area contributed by atoms with Crippen molar-refractivity contribution in [3.63, 3.8) is 0 Å². The summed E-state index contributed by atoms with van der Waals surface area (Å²) in [5, 5.41) is 0. The zero-order valence-corrected chi connectivity index (χ0v) is 14.7. The van der Waals surface area contributed by atoms with Gasteiger partial charge in [-0.05, 0) is 37.5 Å². The van der Waals surface area contributed by atoms with E-state index in [4.69, 9.17) is 0 Å². The van der Waals surface area contributed by atoms with E-state index in [0.717, 1.165) is 12.0 Å². The Bertz CT molecular complexity index is 902. The molecule has 0 atom stereocenters. The van der Waals surface area contributed by atoms with Crippen molar-refractivity contribution in [3.8, 4) is 0 Å². The molecule has 1 aromatic carbocycles. The molecule has 2 heterocycles. The molecule has 2 aromatic rings. The van der Waals surface area contributed by atoms with Crippen molar-refractivity contribution in [1.29, 1.82) is 0 Å². The third-order valence-electron chi connectivity index (χ3n) is 4.47. The Morgan fingerprint density at radius 2 is 1.88 bits per heavy atom. The number of aryl methyl sites for hydroxylation is 2. The highest BCUT2D eigenvalue weighted by molar-refractivity contribution is 7.89. The van der Waals surface area contributed by atoms with E-state index in [1.807, 2.05) is 26.0 Å². The minimum atomic E-state index is -3.57. The molecule has 0 spiro atoms. The van der Waals surface area contributed by atoms with Crippen LogP contribution in [0.2, 0.25) is 0 Å². The van der Waals surface area contributed by atoms with Gasteiger partial charge in [0.25, 0.3) is 5.56 Å². The maximum atomic E-state index is 12.8. The van der Waals surface area contributed by atoms with Gasteiger partial charge in [0.2, 0.25) is 10.0 Å². The maximum absolute atomic E-state index is 12.8. The standard InChI is InChI=1S/C17H21N3O3S/c1-3-13-5-7-14(8-6-13)24(22,23)20-10-9-15-16(11-20)18-12-19(4-2)17(15)21/h5-8,12H,3-4,9-11H2,1-2H3. The fourth-order valence-electron chi connectivity index (χ4n) is 2.91. The largest absolute Gasteiger partial charge is 0.299 e.